The standard InChI is InChI=1S/C70H125NO3/c1-3-5-7-9-11-13-15-17-19-21-23-25-27-29-31-33-35-37-39-41-43-45-47-49-51-53-55-57-59-61-63-65-69(73)68(67-72)71-70(74)66-64-62-60-58-56-54-52-50-48-46-44-42-40-38-36-34-32-30-28-26-24-22-20-18-16-14-12-10-8-6-4-2/h6,8,12,14,18,20,24,26,30,32,36,38,42,44,48,50,68-69,72-73H,3-5,7,9-11,13,15-17,19,21-23,25,27-29,31,33-35,37,39-41,43,45-47,49,51-67H2,1-2H3,(H,71,74)/b8-6-,14-12-,20-18-,26-24-,32-30-,38-36-,44-42-,50-48-. The molecule has 0 saturated carbocycles. The molecular weight excluding hydrogens is 903 g/mol. The van der Waals surface area contributed by atoms with E-state index in [1.807, 2.05) is 0 Å². The number of rotatable bonds is 59. The van der Waals surface area contributed by atoms with Gasteiger partial charge in [0.25, 0.3) is 0 Å². The predicted molar refractivity (Wildman–Crippen MR) is 331 cm³/mol. The number of allylic oxidation sites excluding steroid dienone is 16. The van der Waals surface area contributed by atoms with Crippen molar-refractivity contribution in [2.24, 2.45) is 0 Å². The molecule has 4 nitrogen and oxygen atoms in total. The van der Waals surface area contributed by atoms with Crippen molar-refractivity contribution in [2.45, 2.75) is 334 Å². The van der Waals surface area contributed by atoms with Gasteiger partial charge in [-0.15, -0.1) is 0 Å². The third-order valence-electron chi connectivity index (χ3n) is 14.6. The van der Waals surface area contributed by atoms with Gasteiger partial charge in [0.05, 0.1) is 18.8 Å². The molecule has 0 bridgehead atoms. The topological polar surface area (TPSA) is 69.6 Å². The molecule has 0 aromatic rings. The van der Waals surface area contributed by atoms with Crippen LogP contribution in [-0.4, -0.2) is 34.9 Å². The molecule has 0 radical (unpaired) electrons. The van der Waals surface area contributed by atoms with Gasteiger partial charge in [0.1, 0.15) is 0 Å². The Hall–Kier alpha value is -2.69. The summed E-state index contributed by atoms with van der Waals surface area (Å²) >= 11 is 0. The van der Waals surface area contributed by atoms with Crippen molar-refractivity contribution in [3.05, 3.63) is 97.2 Å². The van der Waals surface area contributed by atoms with E-state index < -0.39 is 12.1 Å². The first-order valence-corrected chi connectivity index (χ1v) is 32.4. The fraction of sp³-hybridized carbons (Fsp3) is 0.757. The van der Waals surface area contributed by atoms with E-state index in [9.17, 15) is 15.0 Å². The normalized spacial score (nSPS) is 13.4. The summed E-state index contributed by atoms with van der Waals surface area (Å²) in [6.45, 7) is 4.26. The summed E-state index contributed by atoms with van der Waals surface area (Å²) in [4.78, 5) is 12.5. The average Bonchev–Trinajstić information content (AvgIpc) is 3.40. The minimum Gasteiger partial charge on any atom is -0.394 e. The van der Waals surface area contributed by atoms with E-state index in [0.29, 0.717) is 12.8 Å². The fourth-order valence-electron chi connectivity index (χ4n) is 9.73. The predicted octanol–water partition coefficient (Wildman–Crippen LogP) is 22.0. The summed E-state index contributed by atoms with van der Waals surface area (Å²) in [5, 5.41) is 23.4. The highest BCUT2D eigenvalue weighted by Crippen LogP contribution is 2.18. The van der Waals surface area contributed by atoms with Crippen LogP contribution in [0.2, 0.25) is 0 Å². The molecule has 0 aliphatic rings. The lowest BCUT2D eigenvalue weighted by Gasteiger charge is -2.22. The number of aliphatic hydroxyl groups excluding tert-OH is 2. The molecule has 2 unspecified atom stereocenters. The fourth-order valence-corrected chi connectivity index (χ4v) is 9.73. The monoisotopic (exact) mass is 1030 g/mol. The zero-order valence-corrected chi connectivity index (χ0v) is 49.3. The Morgan fingerprint density at radius 2 is 0.595 bits per heavy atom. The molecular formula is C70H125NO3. The molecule has 0 saturated heterocycles. The Morgan fingerprint density at radius 3 is 0.892 bits per heavy atom. The van der Waals surface area contributed by atoms with E-state index in [1.165, 1.54) is 205 Å². The van der Waals surface area contributed by atoms with E-state index in [4.69, 9.17) is 0 Å². The Kier molecular flexibility index (Phi) is 62.2. The number of hydrogen-bond donors (Lipinski definition) is 3. The number of carbonyl (C=O) groups is 1. The SMILES string of the molecule is CC/C=C\C/C=C\C/C=C\C/C=C\C/C=C\C/C=C\C/C=C\C/C=C\CCCCCCCCC(=O)NC(CO)C(O)CCCCCCCCCCCCCCCCCCCCCCCCCCCCCCCCC. The van der Waals surface area contributed by atoms with E-state index in [0.717, 1.165) is 89.9 Å². The Labute approximate surface area is 462 Å². The summed E-state index contributed by atoms with van der Waals surface area (Å²) in [7, 11) is 0. The number of amides is 1. The van der Waals surface area contributed by atoms with Crippen LogP contribution in [0.5, 0.6) is 0 Å². The van der Waals surface area contributed by atoms with Crippen molar-refractivity contribution in [3.8, 4) is 0 Å². The van der Waals surface area contributed by atoms with Gasteiger partial charge in [-0.05, 0) is 77.0 Å². The Morgan fingerprint density at radius 1 is 0.338 bits per heavy atom. The first-order chi connectivity index (χ1) is 36.7. The largest absolute Gasteiger partial charge is 0.394 e. The smallest absolute Gasteiger partial charge is 0.220 e. The van der Waals surface area contributed by atoms with Crippen molar-refractivity contribution >= 4 is 5.91 Å². The number of carbonyl (C=O) groups excluding carboxylic acids is 1. The molecule has 0 aliphatic heterocycles. The first-order valence-electron chi connectivity index (χ1n) is 32.4. The highest BCUT2D eigenvalue weighted by Gasteiger charge is 2.20. The van der Waals surface area contributed by atoms with Crippen LogP contribution >= 0.6 is 0 Å². The van der Waals surface area contributed by atoms with Crippen molar-refractivity contribution in [1.82, 2.24) is 5.32 Å². The van der Waals surface area contributed by atoms with Gasteiger partial charge in [-0.3, -0.25) is 4.79 Å². The van der Waals surface area contributed by atoms with Crippen LogP contribution in [0.25, 0.3) is 0 Å². The molecule has 3 N–H and O–H groups in total. The lowest BCUT2D eigenvalue weighted by atomic mass is 10.0. The second-order valence-electron chi connectivity index (χ2n) is 21.8. The quantitative estimate of drug-likeness (QED) is 0.0420. The van der Waals surface area contributed by atoms with E-state index in [2.05, 4.69) is 116 Å². The van der Waals surface area contributed by atoms with Gasteiger partial charge >= 0.3 is 0 Å². The van der Waals surface area contributed by atoms with Crippen molar-refractivity contribution in [1.29, 1.82) is 0 Å². The third-order valence-corrected chi connectivity index (χ3v) is 14.6. The first kappa shape index (κ1) is 71.3. The third kappa shape index (κ3) is 60.2. The molecule has 0 aromatic carbocycles. The van der Waals surface area contributed by atoms with Gasteiger partial charge in [-0.1, -0.05) is 336 Å². The number of aliphatic hydroxyl groups is 2. The van der Waals surface area contributed by atoms with E-state index >= 15 is 0 Å². The molecule has 0 rings (SSSR count). The van der Waals surface area contributed by atoms with Crippen LogP contribution in [0.4, 0.5) is 0 Å². The number of unbranched alkanes of at least 4 members (excludes halogenated alkanes) is 36. The lowest BCUT2D eigenvalue weighted by Crippen LogP contribution is -2.45. The maximum absolute atomic E-state index is 12.5. The van der Waals surface area contributed by atoms with E-state index in [1.54, 1.807) is 0 Å². The molecule has 0 aromatic heterocycles. The molecule has 2 atom stereocenters. The lowest BCUT2D eigenvalue weighted by molar-refractivity contribution is -0.123. The molecule has 1 amide bonds. The summed E-state index contributed by atoms with van der Waals surface area (Å²) in [6, 6.07) is -0.554. The number of hydrogen-bond acceptors (Lipinski definition) is 3. The van der Waals surface area contributed by atoms with Crippen molar-refractivity contribution in [2.75, 3.05) is 6.61 Å². The molecule has 4 heteroatoms. The minimum atomic E-state index is -0.675. The van der Waals surface area contributed by atoms with Crippen LogP contribution in [0.3, 0.4) is 0 Å². The highest BCUT2D eigenvalue weighted by atomic mass is 16.3. The van der Waals surface area contributed by atoms with Crippen LogP contribution in [0.15, 0.2) is 97.2 Å². The second-order valence-corrected chi connectivity index (χ2v) is 21.8. The maximum Gasteiger partial charge on any atom is 0.220 e. The van der Waals surface area contributed by atoms with Crippen LogP contribution in [0, 0.1) is 0 Å². The number of nitrogens with one attached hydrogen (secondary N) is 1. The molecule has 0 spiro atoms. The summed E-state index contributed by atoms with van der Waals surface area (Å²) < 4.78 is 0. The Balaban J connectivity index is 3.52. The molecule has 428 valence electrons. The zero-order valence-electron chi connectivity index (χ0n) is 49.3. The van der Waals surface area contributed by atoms with Crippen LogP contribution in [-0.2, 0) is 4.79 Å². The van der Waals surface area contributed by atoms with Gasteiger partial charge in [0.15, 0.2) is 0 Å². The molecule has 74 heavy (non-hydrogen) atoms. The van der Waals surface area contributed by atoms with Gasteiger partial charge in [0, 0.05) is 6.42 Å². The zero-order chi connectivity index (χ0) is 53.4. The van der Waals surface area contributed by atoms with Crippen LogP contribution in [0.1, 0.15) is 322 Å². The van der Waals surface area contributed by atoms with Crippen LogP contribution < -0.4 is 5.32 Å². The summed E-state index contributed by atoms with van der Waals surface area (Å²) in [5.74, 6) is -0.0458. The summed E-state index contributed by atoms with van der Waals surface area (Å²) in [5.41, 5.74) is 0. The minimum absolute atomic E-state index is 0.0458. The van der Waals surface area contributed by atoms with Gasteiger partial charge < -0.3 is 15.5 Å². The maximum atomic E-state index is 12.5. The highest BCUT2D eigenvalue weighted by molar-refractivity contribution is 5.76. The van der Waals surface area contributed by atoms with Gasteiger partial charge in [0.2, 0.25) is 5.91 Å². The van der Waals surface area contributed by atoms with Gasteiger partial charge in [-0.25, -0.2) is 0 Å². The molecule has 0 aliphatic carbocycles. The molecule has 0 fully saturated rings. The average molecular weight is 1030 g/mol. The Bertz CT molecular complexity index is 1350. The van der Waals surface area contributed by atoms with Crippen molar-refractivity contribution < 1.29 is 15.0 Å². The van der Waals surface area contributed by atoms with Crippen molar-refractivity contribution in [3.63, 3.8) is 0 Å². The van der Waals surface area contributed by atoms with E-state index in [-0.39, 0.29) is 12.5 Å². The molecule has 0 heterocycles. The second kappa shape index (κ2) is 64.6. The van der Waals surface area contributed by atoms with Gasteiger partial charge in [-0.2, -0.15) is 0 Å². The summed E-state index contributed by atoms with van der Waals surface area (Å²) in [6.07, 6.45) is 95.7.